The van der Waals surface area contributed by atoms with Crippen LogP contribution in [0.1, 0.15) is 17.3 Å². The predicted octanol–water partition coefficient (Wildman–Crippen LogP) is 1.80. The number of halogens is 1. The molecule has 1 aromatic rings. The monoisotopic (exact) mass is 257 g/mol. The molecule has 0 atom stereocenters. The summed E-state index contributed by atoms with van der Waals surface area (Å²) < 4.78 is 23.9. The van der Waals surface area contributed by atoms with Gasteiger partial charge in [0.25, 0.3) is 0 Å². The summed E-state index contributed by atoms with van der Waals surface area (Å²) in [5.74, 6) is -0.428. The third kappa shape index (κ3) is 1.36. The molecule has 4 nitrogen and oxygen atoms in total. The number of fused-ring (bicyclic) bond motifs is 1. The zero-order valence-corrected chi connectivity index (χ0v) is 9.89. The number of allylic oxidation sites excluding steroid dienone is 2. The van der Waals surface area contributed by atoms with E-state index >= 15 is 0 Å². The molecule has 0 spiro atoms. The molecule has 0 unspecified atom stereocenters. The Morgan fingerprint density at radius 3 is 2.56 bits per heavy atom. The average Bonchev–Trinajstić information content (AvgIpc) is 2.18. The summed E-state index contributed by atoms with van der Waals surface area (Å²) in [6.07, 6.45) is 1.06. The number of anilines is 1. The minimum absolute atomic E-state index is 0.0162. The number of benzene rings is 1. The topological polar surface area (TPSA) is 77.2 Å². The number of nitrogens with two attached hydrogens (primary N) is 1. The maximum absolute atomic E-state index is 12.0. The first-order valence-electron chi connectivity index (χ1n) is 4.41. The second-order valence-corrected chi connectivity index (χ2v) is 5.93. The maximum atomic E-state index is 12.0. The first kappa shape index (κ1) is 11.2. The normalized spacial score (nSPS) is 17.9. The van der Waals surface area contributed by atoms with Crippen molar-refractivity contribution in [3.05, 3.63) is 33.7 Å². The van der Waals surface area contributed by atoms with Gasteiger partial charge in [-0.2, -0.15) is 0 Å². The zero-order valence-electron chi connectivity index (χ0n) is 8.32. The van der Waals surface area contributed by atoms with E-state index in [1.54, 1.807) is 0 Å². The number of ketones is 1. The molecule has 16 heavy (non-hydrogen) atoms. The van der Waals surface area contributed by atoms with Gasteiger partial charge < -0.3 is 5.73 Å². The lowest BCUT2D eigenvalue weighted by Crippen LogP contribution is -2.18. The number of sulfone groups is 1. The van der Waals surface area contributed by atoms with E-state index in [9.17, 15) is 13.2 Å². The van der Waals surface area contributed by atoms with Crippen molar-refractivity contribution in [1.29, 1.82) is 0 Å². The van der Waals surface area contributed by atoms with E-state index in [1.165, 1.54) is 19.1 Å². The summed E-state index contributed by atoms with van der Waals surface area (Å²) in [6.45, 7) is 1.36. The van der Waals surface area contributed by atoms with E-state index in [4.69, 9.17) is 17.3 Å². The van der Waals surface area contributed by atoms with Crippen LogP contribution in [0, 0.1) is 0 Å². The van der Waals surface area contributed by atoms with Gasteiger partial charge in [-0.25, -0.2) is 8.42 Å². The quantitative estimate of drug-likeness (QED) is 0.719. The fraction of sp³-hybridized carbons (Fsp3) is 0.100. The minimum Gasteiger partial charge on any atom is -0.398 e. The Labute approximate surface area is 97.6 Å². The Bertz CT molecular complexity index is 632. The number of rotatable bonds is 0. The van der Waals surface area contributed by atoms with Crippen LogP contribution < -0.4 is 5.73 Å². The van der Waals surface area contributed by atoms with Crippen molar-refractivity contribution in [2.24, 2.45) is 0 Å². The Morgan fingerprint density at radius 2 is 1.94 bits per heavy atom. The third-order valence-electron chi connectivity index (χ3n) is 2.42. The molecule has 1 heterocycles. The van der Waals surface area contributed by atoms with E-state index in [0.717, 1.165) is 6.08 Å². The maximum Gasteiger partial charge on any atom is 0.204 e. The minimum atomic E-state index is -3.68. The highest BCUT2D eigenvalue weighted by atomic mass is 35.5. The molecule has 0 saturated carbocycles. The first-order chi connectivity index (χ1) is 7.35. The highest BCUT2D eigenvalue weighted by Crippen LogP contribution is 2.36. The van der Waals surface area contributed by atoms with Gasteiger partial charge in [-0.15, -0.1) is 0 Å². The Morgan fingerprint density at radius 1 is 1.31 bits per heavy atom. The predicted molar refractivity (Wildman–Crippen MR) is 61.1 cm³/mol. The molecule has 1 aliphatic rings. The lowest BCUT2D eigenvalue weighted by molar-refractivity contribution is 0.104. The van der Waals surface area contributed by atoms with Crippen LogP contribution in [-0.4, -0.2) is 14.2 Å². The van der Waals surface area contributed by atoms with Crippen LogP contribution in [0.15, 0.2) is 28.0 Å². The van der Waals surface area contributed by atoms with Crippen LogP contribution in [0.5, 0.6) is 0 Å². The van der Waals surface area contributed by atoms with Gasteiger partial charge in [-0.1, -0.05) is 11.6 Å². The molecule has 84 valence electrons. The second kappa shape index (κ2) is 3.33. The van der Waals surface area contributed by atoms with Crippen LogP contribution in [0.4, 0.5) is 5.69 Å². The van der Waals surface area contributed by atoms with E-state index in [0.29, 0.717) is 0 Å². The van der Waals surface area contributed by atoms with Gasteiger partial charge in [-0.05, 0) is 19.1 Å². The molecule has 0 saturated heterocycles. The standard InChI is InChI=1S/C10H8ClNO3S/c1-5-4-8(13)9-7(12)3-2-6(11)10(9)16(5,14)15/h2-4H,12H2,1H3. The van der Waals surface area contributed by atoms with Crippen molar-refractivity contribution < 1.29 is 13.2 Å². The summed E-state index contributed by atoms with van der Waals surface area (Å²) in [4.78, 5) is 11.5. The molecule has 2 N–H and O–H groups in total. The lowest BCUT2D eigenvalue weighted by atomic mass is 10.1. The molecule has 6 heteroatoms. The van der Waals surface area contributed by atoms with Gasteiger partial charge in [-0.3, -0.25) is 4.79 Å². The smallest absolute Gasteiger partial charge is 0.204 e. The Kier molecular flexibility index (Phi) is 2.32. The third-order valence-corrected chi connectivity index (χ3v) is 4.77. The summed E-state index contributed by atoms with van der Waals surface area (Å²) in [7, 11) is -3.68. The molecule has 2 rings (SSSR count). The zero-order chi connectivity index (χ0) is 12.1. The van der Waals surface area contributed by atoms with Gasteiger partial charge in [0.05, 0.1) is 15.5 Å². The van der Waals surface area contributed by atoms with Crippen LogP contribution >= 0.6 is 11.6 Å². The molecular formula is C10H8ClNO3S. The number of carbonyl (C=O) groups excluding carboxylic acids is 1. The molecule has 0 amide bonds. The van der Waals surface area contributed by atoms with Crippen molar-refractivity contribution in [1.82, 2.24) is 0 Å². The molecule has 0 fully saturated rings. The highest BCUT2D eigenvalue weighted by Gasteiger charge is 2.32. The van der Waals surface area contributed by atoms with E-state index in [1.807, 2.05) is 0 Å². The van der Waals surface area contributed by atoms with Gasteiger partial charge in [0, 0.05) is 11.8 Å². The fourth-order valence-electron chi connectivity index (χ4n) is 1.58. The number of hydrogen-bond acceptors (Lipinski definition) is 4. The number of carbonyl (C=O) groups is 1. The molecule has 0 aromatic heterocycles. The fourth-order valence-corrected chi connectivity index (χ4v) is 3.44. The van der Waals surface area contributed by atoms with Crippen molar-refractivity contribution in [2.45, 2.75) is 11.8 Å². The summed E-state index contributed by atoms with van der Waals surface area (Å²) in [5, 5.41) is 0.0185. The molecule has 1 aliphatic heterocycles. The number of hydrogen-bond donors (Lipinski definition) is 1. The van der Waals surface area contributed by atoms with E-state index < -0.39 is 15.6 Å². The summed E-state index contributed by atoms with van der Waals surface area (Å²) in [5.41, 5.74) is 5.69. The van der Waals surface area contributed by atoms with Crippen LogP contribution in [0.3, 0.4) is 0 Å². The molecule has 1 aromatic carbocycles. The summed E-state index contributed by atoms with van der Waals surface area (Å²) >= 11 is 5.82. The van der Waals surface area contributed by atoms with E-state index in [2.05, 4.69) is 0 Å². The van der Waals surface area contributed by atoms with Crippen LogP contribution in [0.2, 0.25) is 5.02 Å². The average molecular weight is 258 g/mol. The van der Waals surface area contributed by atoms with Crippen molar-refractivity contribution in [3.63, 3.8) is 0 Å². The first-order valence-corrected chi connectivity index (χ1v) is 6.27. The largest absolute Gasteiger partial charge is 0.398 e. The number of nitrogen functional groups attached to an aromatic ring is 1. The molecule has 0 radical (unpaired) electrons. The van der Waals surface area contributed by atoms with Gasteiger partial charge in [0.2, 0.25) is 9.84 Å². The Balaban J connectivity index is 2.97. The van der Waals surface area contributed by atoms with Crippen molar-refractivity contribution in [2.75, 3.05) is 5.73 Å². The van der Waals surface area contributed by atoms with Gasteiger partial charge >= 0.3 is 0 Å². The molecular weight excluding hydrogens is 250 g/mol. The van der Waals surface area contributed by atoms with Crippen LogP contribution in [0.25, 0.3) is 0 Å². The van der Waals surface area contributed by atoms with E-state index in [-0.39, 0.29) is 26.1 Å². The highest BCUT2D eigenvalue weighted by molar-refractivity contribution is 7.95. The van der Waals surface area contributed by atoms with Gasteiger partial charge in [0.15, 0.2) is 5.78 Å². The molecule has 0 aliphatic carbocycles. The van der Waals surface area contributed by atoms with Crippen molar-refractivity contribution in [3.8, 4) is 0 Å². The van der Waals surface area contributed by atoms with Crippen molar-refractivity contribution >= 4 is 32.9 Å². The SMILES string of the molecule is CC1=CC(=O)c2c(N)ccc(Cl)c2S1(=O)=O. The second-order valence-electron chi connectivity index (χ2n) is 3.46. The summed E-state index contributed by atoms with van der Waals surface area (Å²) in [6, 6.07) is 2.79. The van der Waals surface area contributed by atoms with Crippen LogP contribution in [-0.2, 0) is 9.84 Å². The lowest BCUT2D eigenvalue weighted by Gasteiger charge is -2.17. The Hall–Kier alpha value is -1.33. The van der Waals surface area contributed by atoms with Gasteiger partial charge in [0.1, 0.15) is 4.90 Å². The molecule has 0 bridgehead atoms.